The van der Waals surface area contributed by atoms with Gasteiger partial charge in [-0.05, 0) is 54.2 Å². The van der Waals surface area contributed by atoms with Gasteiger partial charge in [-0.1, -0.05) is 29.8 Å². The highest BCUT2D eigenvalue weighted by atomic mass is 79.9. The smallest absolute Gasteiger partial charge is 0.138 e. The van der Waals surface area contributed by atoms with E-state index in [2.05, 4.69) is 51.0 Å². The van der Waals surface area contributed by atoms with Crippen LogP contribution in [-0.4, -0.2) is 23.9 Å². The Balaban J connectivity index is 2.70. The van der Waals surface area contributed by atoms with Crippen molar-refractivity contribution in [2.24, 2.45) is 5.92 Å². The van der Waals surface area contributed by atoms with Gasteiger partial charge >= 0.3 is 0 Å². The molecule has 1 atom stereocenters. The summed E-state index contributed by atoms with van der Waals surface area (Å²) in [6.45, 7) is 9.92. The Morgan fingerprint density at radius 1 is 1.33 bits per heavy atom. The topological polar surface area (TPSA) is 41.5 Å². The number of hydrogen-bond donors (Lipinski definition) is 2. The molecule has 0 aliphatic carbocycles. The van der Waals surface area contributed by atoms with Gasteiger partial charge in [0.15, 0.2) is 0 Å². The van der Waals surface area contributed by atoms with E-state index in [0.717, 1.165) is 26.7 Å². The number of halogens is 2. The Morgan fingerprint density at radius 2 is 2.00 bits per heavy atom. The SMILES string of the molecule is CCOc1c(Br)cc(Br)cc1CNCC(C)(O)CC(C)C. The molecular weight excluding hydrogens is 398 g/mol. The van der Waals surface area contributed by atoms with Gasteiger partial charge in [-0.2, -0.15) is 0 Å². The summed E-state index contributed by atoms with van der Waals surface area (Å²) in [5, 5.41) is 13.7. The molecule has 120 valence electrons. The lowest BCUT2D eigenvalue weighted by atomic mass is 9.94. The Morgan fingerprint density at radius 3 is 2.57 bits per heavy atom. The molecule has 1 unspecified atom stereocenters. The highest BCUT2D eigenvalue weighted by Gasteiger charge is 2.21. The predicted octanol–water partition coefficient (Wildman–Crippen LogP) is 4.50. The van der Waals surface area contributed by atoms with Gasteiger partial charge in [-0.25, -0.2) is 0 Å². The van der Waals surface area contributed by atoms with Crippen molar-refractivity contribution >= 4 is 31.9 Å². The number of ether oxygens (including phenoxy) is 1. The molecule has 0 saturated heterocycles. The lowest BCUT2D eigenvalue weighted by Gasteiger charge is -2.26. The third kappa shape index (κ3) is 6.68. The van der Waals surface area contributed by atoms with Crippen molar-refractivity contribution < 1.29 is 9.84 Å². The summed E-state index contributed by atoms with van der Waals surface area (Å²) in [4.78, 5) is 0. The molecule has 0 saturated carbocycles. The fourth-order valence-electron chi connectivity index (χ4n) is 2.47. The first-order valence-electron chi connectivity index (χ1n) is 7.29. The maximum absolute atomic E-state index is 10.3. The lowest BCUT2D eigenvalue weighted by molar-refractivity contribution is 0.0383. The van der Waals surface area contributed by atoms with Gasteiger partial charge in [0.1, 0.15) is 5.75 Å². The van der Waals surface area contributed by atoms with E-state index in [1.807, 2.05) is 26.0 Å². The van der Waals surface area contributed by atoms with Gasteiger partial charge in [-0.15, -0.1) is 0 Å². The van der Waals surface area contributed by atoms with Crippen molar-refractivity contribution in [1.82, 2.24) is 5.32 Å². The van der Waals surface area contributed by atoms with Crippen LogP contribution in [0.1, 0.15) is 39.7 Å². The molecule has 5 heteroatoms. The Bertz CT molecular complexity index is 462. The average molecular weight is 423 g/mol. The number of nitrogens with one attached hydrogen (secondary N) is 1. The van der Waals surface area contributed by atoms with E-state index in [1.165, 1.54) is 0 Å². The maximum Gasteiger partial charge on any atom is 0.138 e. The molecule has 1 rings (SSSR count). The molecule has 0 aromatic heterocycles. The van der Waals surface area contributed by atoms with Crippen LogP contribution in [0.25, 0.3) is 0 Å². The molecule has 0 radical (unpaired) electrons. The zero-order valence-corrected chi connectivity index (χ0v) is 16.3. The van der Waals surface area contributed by atoms with Crippen LogP contribution < -0.4 is 10.1 Å². The molecule has 0 bridgehead atoms. The van der Waals surface area contributed by atoms with Crippen molar-refractivity contribution in [1.29, 1.82) is 0 Å². The fourth-order valence-corrected chi connectivity index (χ4v) is 3.90. The van der Waals surface area contributed by atoms with Gasteiger partial charge in [0.05, 0.1) is 16.7 Å². The predicted molar refractivity (Wildman–Crippen MR) is 94.8 cm³/mol. The van der Waals surface area contributed by atoms with Crippen LogP contribution >= 0.6 is 31.9 Å². The van der Waals surface area contributed by atoms with E-state index in [1.54, 1.807) is 0 Å². The van der Waals surface area contributed by atoms with Gasteiger partial charge in [0, 0.05) is 23.1 Å². The summed E-state index contributed by atoms with van der Waals surface area (Å²) in [6.07, 6.45) is 0.778. The summed E-state index contributed by atoms with van der Waals surface area (Å²) < 4.78 is 7.64. The normalized spacial score (nSPS) is 14.3. The van der Waals surface area contributed by atoms with Crippen LogP contribution in [0.5, 0.6) is 5.75 Å². The van der Waals surface area contributed by atoms with Crippen LogP contribution in [0.15, 0.2) is 21.1 Å². The number of rotatable bonds is 8. The number of hydrogen-bond acceptors (Lipinski definition) is 3. The molecule has 0 amide bonds. The minimum absolute atomic E-state index is 0.473. The van der Waals surface area contributed by atoms with E-state index in [-0.39, 0.29) is 0 Å². The van der Waals surface area contributed by atoms with Crippen molar-refractivity contribution in [2.75, 3.05) is 13.2 Å². The minimum Gasteiger partial charge on any atom is -0.492 e. The molecule has 1 aromatic carbocycles. The molecule has 0 heterocycles. The largest absolute Gasteiger partial charge is 0.492 e. The van der Waals surface area contributed by atoms with Gasteiger partial charge < -0.3 is 15.2 Å². The highest BCUT2D eigenvalue weighted by Crippen LogP contribution is 2.33. The summed E-state index contributed by atoms with van der Waals surface area (Å²) in [7, 11) is 0. The van der Waals surface area contributed by atoms with E-state index >= 15 is 0 Å². The average Bonchev–Trinajstić information content (AvgIpc) is 2.31. The monoisotopic (exact) mass is 421 g/mol. The first kappa shape index (κ1) is 18.9. The number of aliphatic hydroxyl groups is 1. The quantitative estimate of drug-likeness (QED) is 0.648. The second-order valence-corrected chi connectivity index (χ2v) is 7.78. The van der Waals surface area contributed by atoms with Crippen LogP contribution in [-0.2, 0) is 6.54 Å². The zero-order chi connectivity index (χ0) is 16.0. The van der Waals surface area contributed by atoms with E-state index in [9.17, 15) is 5.11 Å². The zero-order valence-electron chi connectivity index (χ0n) is 13.2. The Kier molecular flexibility index (Phi) is 7.68. The Hall–Kier alpha value is -0.100. The molecule has 21 heavy (non-hydrogen) atoms. The highest BCUT2D eigenvalue weighted by molar-refractivity contribution is 9.11. The lowest BCUT2D eigenvalue weighted by Crippen LogP contribution is -2.38. The summed E-state index contributed by atoms with van der Waals surface area (Å²) in [5.41, 5.74) is 0.377. The summed E-state index contributed by atoms with van der Waals surface area (Å²) >= 11 is 7.03. The van der Waals surface area contributed by atoms with Crippen LogP contribution in [0, 0.1) is 5.92 Å². The molecule has 0 fully saturated rings. The van der Waals surface area contributed by atoms with Crippen molar-refractivity contribution in [3.63, 3.8) is 0 Å². The third-order valence-electron chi connectivity index (χ3n) is 3.04. The van der Waals surface area contributed by atoms with Crippen molar-refractivity contribution in [3.05, 3.63) is 26.6 Å². The van der Waals surface area contributed by atoms with E-state index in [4.69, 9.17) is 4.74 Å². The molecule has 2 N–H and O–H groups in total. The van der Waals surface area contributed by atoms with Crippen LogP contribution in [0.4, 0.5) is 0 Å². The summed E-state index contributed by atoms with van der Waals surface area (Å²) in [6, 6.07) is 4.02. The molecule has 0 aliphatic rings. The van der Waals surface area contributed by atoms with E-state index in [0.29, 0.717) is 25.6 Å². The second-order valence-electron chi connectivity index (χ2n) is 6.01. The molecule has 0 spiro atoms. The fraction of sp³-hybridized carbons (Fsp3) is 0.625. The second kappa shape index (κ2) is 8.51. The standard InChI is InChI=1S/C16H25Br2NO2/c1-5-21-15-12(6-13(17)7-14(15)18)9-19-10-16(4,20)8-11(2)3/h6-7,11,19-20H,5,8-10H2,1-4H3. The minimum atomic E-state index is -0.691. The molecule has 1 aromatic rings. The first-order chi connectivity index (χ1) is 9.75. The van der Waals surface area contributed by atoms with Gasteiger partial charge in [0.2, 0.25) is 0 Å². The first-order valence-corrected chi connectivity index (χ1v) is 8.87. The van der Waals surface area contributed by atoms with Crippen molar-refractivity contribution in [2.45, 2.75) is 46.3 Å². The van der Waals surface area contributed by atoms with Crippen LogP contribution in [0.2, 0.25) is 0 Å². The molecular formula is C16H25Br2NO2. The molecule has 3 nitrogen and oxygen atoms in total. The Labute approximate surface area is 144 Å². The summed E-state index contributed by atoms with van der Waals surface area (Å²) in [5.74, 6) is 1.33. The van der Waals surface area contributed by atoms with Gasteiger partial charge in [0.25, 0.3) is 0 Å². The number of benzene rings is 1. The van der Waals surface area contributed by atoms with E-state index < -0.39 is 5.60 Å². The van der Waals surface area contributed by atoms with Crippen molar-refractivity contribution in [3.8, 4) is 5.75 Å². The van der Waals surface area contributed by atoms with Crippen LogP contribution in [0.3, 0.4) is 0 Å². The van der Waals surface area contributed by atoms with Gasteiger partial charge in [-0.3, -0.25) is 0 Å². The maximum atomic E-state index is 10.3. The molecule has 0 aliphatic heterocycles. The third-order valence-corrected chi connectivity index (χ3v) is 4.09.